The van der Waals surface area contributed by atoms with Gasteiger partial charge in [-0.15, -0.1) is 11.3 Å². The zero-order chi connectivity index (χ0) is 20.4. The molecule has 1 aromatic heterocycles. The van der Waals surface area contributed by atoms with Crippen molar-refractivity contribution in [1.29, 1.82) is 0 Å². The van der Waals surface area contributed by atoms with Crippen molar-refractivity contribution in [2.45, 2.75) is 58.6 Å². The monoisotopic (exact) mass is 430 g/mol. The molecule has 3 N–H and O–H groups in total. The second kappa shape index (κ2) is 11.7. The van der Waals surface area contributed by atoms with E-state index in [4.69, 9.17) is 4.74 Å². The zero-order valence-electron chi connectivity index (χ0n) is 17.2. The molecule has 0 aliphatic carbocycles. The topological polar surface area (TPSA) is 91.8 Å². The van der Waals surface area contributed by atoms with Crippen LogP contribution in [0.1, 0.15) is 42.9 Å². The van der Waals surface area contributed by atoms with Crippen LogP contribution in [0.25, 0.3) is 0 Å². The summed E-state index contributed by atoms with van der Waals surface area (Å²) in [5, 5.41) is 6.54. The minimum atomic E-state index is -3.36. The van der Waals surface area contributed by atoms with Crippen LogP contribution < -0.4 is 15.4 Å². The number of rotatable bonds is 10. The van der Waals surface area contributed by atoms with Crippen molar-refractivity contribution in [2.24, 2.45) is 4.99 Å². The number of hydrogen-bond donors (Lipinski definition) is 3. The van der Waals surface area contributed by atoms with E-state index in [2.05, 4.69) is 46.3 Å². The molecule has 0 saturated carbocycles. The van der Waals surface area contributed by atoms with Crippen molar-refractivity contribution >= 4 is 27.3 Å². The summed E-state index contributed by atoms with van der Waals surface area (Å²) < 4.78 is 32.6. The smallest absolute Gasteiger partial charge is 0.213 e. The maximum Gasteiger partial charge on any atom is 0.213 e. The van der Waals surface area contributed by atoms with Crippen LogP contribution in [0, 0.1) is 6.92 Å². The maximum atomic E-state index is 12.2. The Morgan fingerprint density at radius 2 is 2.21 bits per heavy atom. The van der Waals surface area contributed by atoms with Gasteiger partial charge in [0, 0.05) is 41.9 Å². The Bertz CT molecular complexity index is 713. The van der Waals surface area contributed by atoms with Crippen molar-refractivity contribution < 1.29 is 13.2 Å². The van der Waals surface area contributed by atoms with Crippen molar-refractivity contribution in [1.82, 2.24) is 15.4 Å². The summed E-state index contributed by atoms with van der Waals surface area (Å²) in [7, 11) is -3.36. The third-order valence-corrected chi connectivity index (χ3v) is 6.82. The number of thiophene rings is 1. The van der Waals surface area contributed by atoms with Crippen LogP contribution in [-0.2, 0) is 21.2 Å². The van der Waals surface area contributed by atoms with Gasteiger partial charge in [-0.3, -0.25) is 4.99 Å². The van der Waals surface area contributed by atoms with Crippen LogP contribution in [0.4, 0.5) is 0 Å². The van der Waals surface area contributed by atoms with Gasteiger partial charge in [-0.2, -0.15) is 0 Å². The fourth-order valence-corrected chi connectivity index (χ4v) is 4.97. The van der Waals surface area contributed by atoms with Gasteiger partial charge in [0.05, 0.1) is 18.4 Å². The number of hydrogen-bond acceptors (Lipinski definition) is 5. The minimum absolute atomic E-state index is 0.00671. The van der Waals surface area contributed by atoms with Crippen LogP contribution in [-0.4, -0.2) is 58.5 Å². The molecule has 0 bridgehead atoms. The molecule has 1 aliphatic rings. The molecule has 1 aliphatic heterocycles. The lowest BCUT2D eigenvalue weighted by Gasteiger charge is -2.22. The van der Waals surface area contributed by atoms with E-state index in [9.17, 15) is 8.42 Å². The molecule has 160 valence electrons. The summed E-state index contributed by atoms with van der Waals surface area (Å²) in [6.45, 7) is 8.20. The van der Waals surface area contributed by atoms with Crippen LogP contribution >= 0.6 is 11.3 Å². The molecular weight excluding hydrogens is 396 g/mol. The van der Waals surface area contributed by atoms with E-state index in [0.29, 0.717) is 12.5 Å². The fraction of sp³-hybridized carbons (Fsp3) is 0.737. The van der Waals surface area contributed by atoms with E-state index in [1.165, 1.54) is 9.75 Å². The summed E-state index contributed by atoms with van der Waals surface area (Å²) in [5.74, 6) is 0.614. The molecular formula is C19H34N4O3S2. The normalized spacial score (nSPS) is 19.4. The van der Waals surface area contributed by atoms with Crippen LogP contribution in [0.2, 0.25) is 0 Å². The van der Waals surface area contributed by atoms with Crippen molar-refractivity contribution in [3.05, 3.63) is 21.9 Å². The predicted octanol–water partition coefficient (Wildman–Crippen LogP) is 2.03. The first-order chi connectivity index (χ1) is 13.4. The van der Waals surface area contributed by atoms with E-state index in [-0.39, 0.29) is 24.4 Å². The molecule has 7 nitrogen and oxygen atoms in total. The highest BCUT2D eigenvalue weighted by Gasteiger charge is 2.17. The molecule has 0 amide bonds. The van der Waals surface area contributed by atoms with E-state index in [1.807, 2.05) is 6.92 Å². The van der Waals surface area contributed by atoms with Gasteiger partial charge in [-0.05, 0) is 52.2 Å². The highest BCUT2D eigenvalue weighted by atomic mass is 32.2. The molecule has 1 saturated heterocycles. The Morgan fingerprint density at radius 1 is 1.39 bits per heavy atom. The lowest BCUT2D eigenvalue weighted by Crippen LogP contribution is -2.43. The van der Waals surface area contributed by atoms with Crippen molar-refractivity contribution in [3.63, 3.8) is 0 Å². The molecule has 1 fully saturated rings. The highest BCUT2D eigenvalue weighted by molar-refractivity contribution is 7.89. The molecule has 2 heterocycles. The molecule has 0 radical (unpaired) electrons. The Hall–Kier alpha value is -1.16. The van der Waals surface area contributed by atoms with Gasteiger partial charge in [-0.25, -0.2) is 13.1 Å². The van der Waals surface area contributed by atoms with Gasteiger partial charge in [0.25, 0.3) is 0 Å². The molecule has 2 unspecified atom stereocenters. The molecule has 0 spiro atoms. The Kier molecular flexibility index (Phi) is 9.70. The SMILES string of the molecule is CCNC(=NCCS(=O)(=O)NCC1CCCCO1)NC(C)Cc1ccc(C)s1. The Balaban J connectivity index is 1.78. The number of aryl methyl sites for hydroxylation is 1. The third kappa shape index (κ3) is 8.89. The Labute approximate surface area is 173 Å². The van der Waals surface area contributed by atoms with E-state index >= 15 is 0 Å². The van der Waals surface area contributed by atoms with Gasteiger partial charge in [0.2, 0.25) is 10.0 Å². The molecule has 28 heavy (non-hydrogen) atoms. The molecule has 2 atom stereocenters. The second-order valence-electron chi connectivity index (χ2n) is 7.18. The summed E-state index contributed by atoms with van der Waals surface area (Å²) in [5.41, 5.74) is 0. The first kappa shape index (κ1) is 23.1. The van der Waals surface area contributed by atoms with Crippen molar-refractivity contribution in [2.75, 3.05) is 32.0 Å². The number of nitrogens with one attached hydrogen (secondary N) is 3. The average molecular weight is 431 g/mol. The molecule has 0 aromatic carbocycles. The Morgan fingerprint density at radius 3 is 2.86 bits per heavy atom. The molecule has 1 aromatic rings. The highest BCUT2D eigenvalue weighted by Crippen LogP contribution is 2.16. The summed E-state index contributed by atoms with van der Waals surface area (Å²) >= 11 is 1.80. The first-order valence-electron chi connectivity index (χ1n) is 10.1. The average Bonchev–Trinajstić information content (AvgIpc) is 3.05. The van der Waals surface area contributed by atoms with E-state index in [0.717, 1.165) is 38.8 Å². The molecule has 2 rings (SSSR count). The standard InChI is InChI=1S/C19H34N4O3S2/c1-4-20-19(23-15(2)13-18-9-8-16(3)27-18)21-10-12-28(24,25)22-14-17-7-5-6-11-26-17/h8-9,15,17,22H,4-7,10-14H2,1-3H3,(H2,20,21,23). The number of guanidine groups is 1. The van der Waals surface area contributed by atoms with Gasteiger partial charge in [-0.1, -0.05) is 0 Å². The van der Waals surface area contributed by atoms with E-state index in [1.54, 1.807) is 11.3 Å². The summed E-state index contributed by atoms with van der Waals surface area (Å²) in [6.07, 6.45) is 3.97. The van der Waals surface area contributed by atoms with Crippen molar-refractivity contribution in [3.8, 4) is 0 Å². The number of nitrogens with zero attached hydrogens (tertiary/aromatic N) is 1. The van der Waals surface area contributed by atoms with Crippen LogP contribution in [0.5, 0.6) is 0 Å². The number of aliphatic imine (C=N–C) groups is 1. The quantitative estimate of drug-likeness (QED) is 0.390. The van der Waals surface area contributed by atoms with Crippen LogP contribution in [0.3, 0.4) is 0 Å². The molecule has 9 heteroatoms. The summed E-state index contributed by atoms with van der Waals surface area (Å²) in [4.78, 5) is 7.06. The van der Waals surface area contributed by atoms with Gasteiger partial charge in [0.15, 0.2) is 5.96 Å². The van der Waals surface area contributed by atoms with E-state index < -0.39 is 10.0 Å². The maximum absolute atomic E-state index is 12.2. The minimum Gasteiger partial charge on any atom is -0.377 e. The van der Waals surface area contributed by atoms with Gasteiger partial charge in [0.1, 0.15) is 0 Å². The third-order valence-electron chi connectivity index (χ3n) is 4.47. The zero-order valence-corrected chi connectivity index (χ0v) is 18.8. The van der Waals surface area contributed by atoms with Gasteiger partial charge < -0.3 is 15.4 Å². The first-order valence-corrected chi connectivity index (χ1v) is 12.5. The van der Waals surface area contributed by atoms with Gasteiger partial charge >= 0.3 is 0 Å². The summed E-state index contributed by atoms with van der Waals surface area (Å²) in [6, 6.07) is 4.48. The fourth-order valence-electron chi connectivity index (χ4n) is 3.04. The predicted molar refractivity (Wildman–Crippen MR) is 117 cm³/mol. The van der Waals surface area contributed by atoms with Crippen LogP contribution in [0.15, 0.2) is 17.1 Å². The second-order valence-corrected chi connectivity index (χ2v) is 10.5. The number of ether oxygens (including phenoxy) is 1. The lowest BCUT2D eigenvalue weighted by atomic mass is 10.1. The largest absolute Gasteiger partial charge is 0.377 e. The lowest BCUT2D eigenvalue weighted by molar-refractivity contribution is 0.0200. The number of sulfonamides is 1.